The normalized spacial score (nSPS) is 9.17. The van der Waals surface area contributed by atoms with Crippen molar-refractivity contribution in [2.24, 2.45) is 0 Å². The molecule has 0 aromatic carbocycles. The fraction of sp³-hybridized carbons (Fsp3) is 0.500. The van der Waals surface area contributed by atoms with Gasteiger partial charge in [-0.25, -0.2) is 9.59 Å². The Morgan fingerprint density at radius 3 is 1.42 bits per heavy atom. The number of hydrogen-bond donors (Lipinski definition) is 2. The van der Waals surface area contributed by atoms with Crippen molar-refractivity contribution >= 4 is 11.9 Å². The van der Waals surface area contributed by atoms with Crippen LogP contribution in [0.15, 0.2) is 11.1 Å². The monoisotopic (exact) mass is 172 g/mol. The van der Waals surface area contributed by atoms with Crippen LogP contribution in [-0.2, 0) is 9.59 Å². The molecule has 0 heterocycles. The molecule has 0 fully saturated rings. The Kier molecular flexibility index (Phi) is 4.04. The van der Waals surface area contributed by atoms with Gasteiger partial charge in [-0.2, -0.15) is 0 Å². The zero-order chi connectivity index (χ0) is 9.72. The number of carboxylic acids is 2. The van der Waals surface area contributed by atoms with Gasteiger partial charge in [0.1, 0.15) is 5.57 Å². The molecule has 0 bridgehead atoms. The van der Waals surface area contributed by atoms with Crippen molar-refractivity contribution in [3.05, 3.63) is 11.1 Å². The van der Waals surface area contributed by atoms with Gasteiger partial charge in [-0.15, -0.1) is 0 Å². The molecule has 0 aliphatic carbocycles. The van der Waals surface area contributed by atoms with Crippen LogP contribution >= 0.6 is 0 Å². The lowest BCUT2D eigenvalue weighted by atomic mass is 10.0. The molecular weight excluding hydrogens is 160 g/mol. The van der Waals surface area contributed by atoms with Crippen molar-refractivity contribution in [3.63, 3.8) is 0 Å². The lowest BCUT2D eigenvalue weighted by Gasteiger charge is -2.03. The maximum absolute atomic E-state index is 10.5. The average Bonchev–Trinajstić information content (AvgIpc) is 1.98. The molecule has 0 aliphatic rings. The Hall–Kier alpha value is -1.32. The third kappa shape index (κ3) is 2.38. The van der Waals surface area contributed by atoms with Crippen molar-refractivity contribution in [2.75, 3.05) is 0 Å². The first-order valence-electron chi connectivity index (χ1n) is 3.73. The fourth-order valence-electron chi connectivity index (χ4n) is 0.997. The van der Waals surface area contributed by atoms with E-state index in [9.17, 15) is 9.59 Å². The van der Waals surface area contributed by atoms with E-state index in [1.165, 1.54) is 0 Å². The van der Waals surface area contributed by atoms with Crippen LogP contribution in [0.5, 0.6) is 0 Å². The second kappa shape index (κ2) is 4.54. The second-order valence-electron chi connectivity index (χ2n) is 2.30. The average molecular weight is 172 g/mol. The smallest absolute Gasteiger partial charge is 0.343 e. The first-order chi connectivity index (χ1) is 5.54. The van der Waals surface area contributed by atoms with Gasteiger partial charge in [-0.1, -0.05) is 13.8 Å². The van der Waals surface area contributed by atoms with Crippen LogP contribution in [0, 0.1) is 0 Å². The van der Waals surface area contributed by atoms with Crippen LogP contribution in [-0.4, -0.2) is 22.2 Å². The molecule has 68 valence electrons. The molecule has 0 amide bonds. The Morgan fingerprint density at radius 2 is 1.33 bits per heavy atom. The minimum atomic E-state index is -1.36. The molecule has 0 unspecified atom stereocenters. The van der Waals surface area contributed by atoms with Gasteiger partial charge in [0.05, 0.1) is 0 Å². The Morgan fingerprint density at radius 1 is 1.00 bits per heavy atom. The topological polar surface area (TPSA) is 74.6 Å². The quantitative estimate of drug-likeness (QED) is 0.380. The van der Waals surface area contributed by atoms with Gasteiger partial charge < -0.3 is 10.2 Å². The van der Waals surface area contributed by atoms with Gasteiger partial charge >= 0.3 is 11.9 Å². The zero-order valence-corrected chi connectivity index (χ0v) is 7.13. The van der Waals surface area contributed by atoms with Crippen molar-refractivity contribution < 1.29 is 19.8 Å². The van der Waals surface area contributed by atoms with E-state index in [1.807, 2.05) is 0 Å². The SMILES string of the molecule is CCC(CC)=C(C(=O)O)C(=O)O. The van der Waals surface area contributed by atoms with Crippen molar-refractivity contribution in [1.82, 2.24) is 0 Å². The summed E-state index contributed by atoms with van der Waals surface area (Å²) in [6, 6.07) is 0. The summed E-state index contributed by atoms with van der Waals surface area (Å²) in [6.45, 7) is 3.48. The first-order valence-corrected chi connectivity index (χ1v) is 3.73. The number of allylic oxidation sites excluding steroid dienone is 1. The standard InChI is InChI=1S/C8H12O4/c1-3-5(4-2)6(7(9)10)8(11)12/h3-4H2,1-2H3,(H,9,10)(H,11,12). The van der Waals surface area contributed by atoms with E-state index < -0.39 is 17.5 Å². The summed E-state index contributed by atoms with van der Waals surface area (Å²) in [5.41, 5.74) is -0.0185. The molecular formula is C8H12O4. The van der Waals surface area contributed by atoms with Crippen LogP contribution in [0.2, 0.25) is 0 Å². The van der Waals surface area contributed by atoms with E-state index >= 15 is 0 Å². The van der Waals surface area contributed by atoms with Crippen LogP contribution in [0.4, 0.5) is 0 Å². The van der Waals surface area contributed by atoms with Crippen LogP contribution in [0.3, 0.4) is 0 Å². The number of carboxylic acid groups (broad SMARTS) is 2. The van der Waals surface area contributed by atoms with Gasteiger partial charge in [-0.3, -0.25) is 0 Å². The summed E-state index contributed by atoms with van der Waals surface area (Å²) in [6.07, 6.45) is 0.925. The molecule has 0 aromatic heterocycles. The number of hydrogen-bond acceptors (Lipinski definition) is 2. The lowest BCUT2D eigenvalue weighted by molar-refractivity contribution is -0.140. The Balaban J connectivity index is 5.03. The molecule has 0 rings (SSSR count). The number of aliphatic carboxylic acids is 2. The molecule has 12 heavy (non-hydrogen) atoms. The predicted octanol–water partition coefficient (Wildman–Crippen LogP) is 1.27. The summed E-state index contributed by atoms with van der Waals surface area (Å²) < 4.78 is 0. The third-order valence-electron chi connectivity index (χ3n) is 1.63. The Bertz CT molecular complexity index is 205. The van der Waals surface area contributed by atoms with Gasteiger partial charge in [-0.05, 0) is 18.4 Å². The van der Waals surface area contributed by atoms with Crippen LogP contribution in [0.25, 0.3) is 0 Å². The molecule has 0 radical (unpaired) electrons. The molecule has 2 N–H and O–H groups in total. The molecule has 4 heteroatoms. The molecule has 4 nitrogen and oxygen atoms in total. The van der Waals surface area contributed by atoms with Gasteiger partial charge in [0.25, 0.3) is 0 Å². The second-order valence-corrected chi connectivity index (χ2v) is 2.30. The minimum absolute atomic E-state index is 0.463. The van der Waals surface area contributed by atoms with E-state index in [1.54, 1.807) is 13.8 Å². The summed E-state index contributed by atoms with van der Waals surface area (Å²) in [7, 11) is 0. The summed E-state index contributed by atoms with van der Waals surface area (Å²) in [5, 5.41) is 17.1. The first kappa shape index (κ1) is 10.7. The largest absolute Gasteiger partial charge is 0.477 e. The maximum atomic E-state index is 10.5. The highest BCUT2D eigenvalue weighted by molar-refractivity contribution is 6.13. The van der Waals surface area contributed by atoms with Crippen molar-refractivity contribution in [3.8, 4) is 0 Å². The van der Waals surface area contributed by atoms with Crippen LogP contribution in [0.1, 0.15) is 26.7 Å². The zero-order valence-electron chi connectivity index (χ0n) is 7.13. The highest BCUT2D eigenvalue weighted by atomic mass is 16.4. The van der Waals surface area contributed by atoms with Gasteiger partial charge in [0, 0.05) is 0 Å². The van der Waals surface area contributed by atoms with Gasteiger partial charge in [0.15, 0.2) is 0 Å². The summed E-state index contributed by atoms with van der Waals surface area (Å²) in [4.78, 5) is 20.9. The molecule has 0 saturated carbocycles. The maximum Gasteiger partial charge on any atom is 0.343 e. The Labute approximate surface area is 70.5 Å². The van der Waals surface area contributed by atoms with E-state index in [-0.39, 0.29) is 0 Å². The molecule has 0 spiro atoms. The molecule has 0 aliphatic heterocycles. The number of rotatable bonds is 4. The molecule has 0 aromatic rings. The predicted molar refractivity (Wildman–Crippen MR) is 42.9 cm³/mol. The minimum Gasteiger partial charge on any atom is -0.477 e. The van der Waals surface area contributed by atoms with E-state index in [0.29, 0.717) is 18.4 Å². The summed E-state index contributed by atoms with van der Waals surface area (Å²) >= 11 is 0. The lowest BCUT2D eigenvalue weighted by Crippen LogP contribution is -2.14. The van der Waals surface area contributed by atoms with E-state index in [2.05, 4.69) is 0 Å². The van der Waals surface area contributed by atoms with Crippen molar-refractivity contribution in [1.29, 1.82) is 0 Å². The van der Waals surface area contributed by atoms with Crippen LogP contribution < -0.4 is 0 Å². The van der Waals surface area contributed by atoms with E-state index in [0.717, 1.165) is 0 Å². The van der Waals surface area contributed by atoms with E-state index in [4.69, 9.17) is 10.2 Å². The molecule has 0 atom stereocenters. The molecule has 0 saturated heterocycles. The highest BCUT2D eigenvalue weighted by Crippen LogP contribution is 2.13. The fourth-order valence-corrected chi connectivity index (χ4v) is 0.997. The highest BCUT2D eigenvalue weighted by Gasteiger charge is 2.19. The third-order valence-corrected chi connectivity index (χ3v) is 1.63. The number of carbonyl (C=O) groups is 2. The van der Waals surface area contributed by atoms with Crippen molar-refractivity contribution in [2.45, 2.75) is 26.7 Å². The van der Waals surface area contributed by atoms with Gasteiger partial charge in [0.2, 0.25) is 0 Å². The summed E-state index contributed by atoms with van der Waals surface area (Å²) in [5.74, 6) is -2.72.